The third-order valence-electron chi connectivity index (χ3n) is 5.33. The summed E-state index contributed by atoms with van der Waals surface area (Å²) in [6.45, 7) is 3.61. The molecule has 0 aliphatic carbocycles. The van der Waals surface area contributed by atoms with Gasteiger partial charge in [0.05, 0.1) is 36.8 Å². The van der Waals surface area contributed by atoms with Gasteiger partial charge in [0.1, 0.15) is 11.3 Å². The van der Waals surface area contributed by atoms with Crippen LogP contribution in [0.5, 0.6) is 5.75 Å². The van der Waals surface area contributed by atoms with Crippen LogP contribution in [0.3, 0.4) is 0 Å². The Morgan fingerprint density at radius 2 is 2.11 bits per heavy atom. The summed E-state index contributed by atoms with van der Waals surface area (Å²) in [5.41, 5.74) is 1.79. The van der Waals surface area contributed by atoms with Crippen molar-refractivity contribution in [2.45, 2.75) is 32.4 Å². The van der Waals surface area contributed by atoms with Gasteiger partial charge in [0.15, 0.2) is 11.1 Å². The van der Waals surface area contributed by atoms with Crippen molar-refractivity contribution in [2.24, 2.45) is 0 Å². The van der Waals surface area contributed by atoms with Crippen molar-refractivity contribution in [3.05, 3.63) is 51.6 Å². The maximum absolute atomic E-state index is 13.1. The molecule has 0 amide bonds. The molecule has 8 nitrogen and oxygen atoms in total. The molecule has 3 rings (SSSR count). The number of allylic oxidation sites excluding steroid dienone is 2. The number of benzene rings is 1. The molecule has 1 aromatic heterocycles. The fourth-order valence-corrected chi connectivity index (χ4v) is 3.61. The maximum Gasteiger partial charge on any atom is 0.304 e. The van der Waals surface area contributed by atoms with E-state index in [1.165, 1.54) is 13.4 Å². The molecule has 0 radical (unpaired) electrons. The molecular formula is C19H23N2O6+. The molecule has 144 valence electrons. The van der Waals surface area contributed by atoms with E-state index in [1.54, 1.807) is 37.1 Å². The Bertz CT molecular complexity index is 962. The number of hydrogen-bond acceptors (Lipinski definition) is 6. The minimum atomic E-state index is -1.06. The molecular weight excluding hydrogens is 352 g/mol. The number of carbonyl (C=O) groups is 1. The van der Waals surface area contributed by atoms with Crippen LogP contribution < -0.4 is 15.2 Å². The highest BCUT2D eigenvalue weighted by Gasteiger charge is 2.45. The van der Waals surface area contributed by atoms with Crippen LogP contribution in [-0.4, -0.2) is 41.5 Å². The van der Waals surface area contributed by atoms with Gasteiger partial charge in [0.25, 0.3) is 0 Å². The lowest BCUT2D eigenvalue weighted by atomic mass is 9.92. The fraction of sp³-hybridized carbons (Fsp3) is 0.368. The van der Waals surface area contributed by atoms with Crippen LogP contribution in [0.4, 0.5) is 0 Å². The molecule has 1 aromatic carbocycles. The Labute approximate surface area is 155 Å². The fourth-order valence-electron chi connectivity index (χ4n) is 3.61. The number of rotatable bonds is 5. The number of hydroxylamine groups is 2. The third-order valence-corrected chi connectivity index (χ3v) is 5.33. The van der Waals surface area contributed by atoms with Gasteiger partial charge in [-0.3, -0.25) is 9.59 Å². The molecule has 8 heteroatoms. The molecule has 2 aromatic rings. The summed E-state index contributed by atoms with van der Waals surface area (Å²) in [6.07, 6.45) is 0.335. The van der Waals surface area contributed by atoms with Crippen LogP contribution in [0.1, 0.15) is 31.7 Å². The van der Waals surface area contributed by atoms with Gasteiger partial charge in [0.2, 0.25) is 6.17 Å². The first kappa shape index (κ1) is 18.9. The molecule has 0 fully saturated rings. The first-order chi connectivity index (χ1) is 12.8. The van der Waals surface area contributed by atoms with E-state index in [2.05, 4.69) is 0 Å². The highest BCUT2D eigenvalue weighted by atomic mass is 16.5. The second-order valence-electron chi connectivity index (χ2n) is 6.74. The number of carboxylic acids is 1. The summed E-state index contributed by atoms with van der Waals surface area (Å²) in [6, 6.07) is 4.88. The average molecular weight is 375 g/mol. The molecule has 0 bridgehead atoms. The second kappa shape index (κ2) is 7.05. The van der Waals surface area contributed by atoms with Crippen molar-refractivity contribution < 1.29 is 29.3 Å². The van der Waals surface area contributed by atoms with Crippen LogP contribution in [0.15, 0.2) is 45.1 Å². The summed E-state index contributed by atoms with van der Waals surface area (Å²) < 4.78 is 10.8. The number of quaternary nitrogens is 1. The van der Waals surface area contributed by atoms with Gasteiger partial charge in [-0.1, -0.05) is 0 Å². The molecule has 1 aliphatic rings. The number of nitrogens with zero attached hydrogens (tertiary/aromatic N) is 1. The van der Waals surface area contributed by atoms with Crippen LogP contribution in [-0.2, 0) is 4.79 Å². The second-order valence-corrected chi connectivity index (χ2v) is 6.74. The number of ether oxygens (including phenoxy) is 1. The molecule has 3 N–H and O–H groups in total. The Morgan fingerprint density at radius 1 is 1.41 bits per heavy atom. The Hall–Kier alpha value is -2.84. The number of hydrogen-bond donors (Lipinski definition) is 3. The zero-order chi connectivity index (χ0) is 19.9. The largest absolute Gasteiger partial charge is 0.497 e. The molecule has 0 saturated heterocycles. The van der Waals surface area contributed by atoms with E-state index < -0.39 is 18.1 Å². The van der Waals surface area contributed by atoms with Gasteiger partial charge in [-0.25, -0.2) is 5.21 Å². The number of nitrogens with one attached hydrogen (secondary N) is 1. The summed E-state index contributed by atoms with van der Waals surface area (Å²) in [7, 11) is 3.27. The van der Waals surface area contributed by atoms with Crippen molar-refractivity contribution in [1.82, 2.24) is 4.90 Å². The van der Waals surface area contributed by atoms with Crippen molar-refractivity contribution in [2.75, 3.05) is 14.2 Å². The lowest BCUT2D eigenvalue weighted by molar-refractivity contribution is -1.08. The number of carboxylic acid groups (broad SMARTS) is 1. The highest BCUT2D eigenvalue weighted by Crippen LogP contribution is 2.29. The predicted molar refractivity (Wildman–Crippen MR) is 96.7 cm³/mol. The minimum Gasteiger partial charge on any atom is -0.497 e. The quantitative estimate of drug-likeness (QED) is 0.720. The topological polar surface area (TPSA) is 105 Å². The minimum absolute atomic E-state index is 0.0754. The smallest absolute Gasteiger partial charge is 0.304 e. The summed E-state index contributed by atoms with van der Waals surface area (Å²) in [5.74, 6) is -1.33. The lowest BCUT2D eigenvalue weighted by Gasteiger charge is -2.29. The van der Waals surface area contributed by atoms with E-state index in [0.29, 0.717) is 22.4 Å². The number of methoxy groups -OCH3 is 1. The van der Waals surface area contributed by atoms with Gasteiger partial charge in [-0.05, 0) is 25.1 Å². The SMILES string of the molecule is COc1ccc2occ(C(CC(=O)O)C3N(C)C(C)=C(C)[NH+]3O)c(=O)c2c1. The highest BCUT2D eigenvalue weighted by molar-refractivity contribution is 5.79. The van der Waals surface area contributed by atoms with Crippen molar-refractivity contribution in [3.63, 3.8) is 0 Å². The van der Waals surface area contributed by atoms with Crippen molar-refractivity contribution in [3.8, 4) is 5.75 Å². The average Bonchev–Trinajstić information content (AvgIpc) is 2.83. The van der Waals surface area contributed by atoms with E-state index in [9.17, 15) is 19.9 Å². The monoisotopic (exact) mass is 375 g/mol. The molecule has 0 saturated carbocycles. The number of likely N-dealkylation sites (N-methyl/N-ethyl adjacent to an activating group) is 1. The third kappa shape index (κ3) is 3.17. The number of aliphatic carboxylic acids is 1. The zero-order valence-corrected chi connectivity index (χ0v) is 15.6. The van der Waals surface area contributed by atoms with E-state index in [1.807, 2.05) is 6.92 Å². The van der Waals surface area contributed by atoms with E-state index >= 15 is 0 Å². The maximum atomic E-state index is 13.1. The van der Waals surface area contributed by atoms with Gasteiger partial charge in [-0.15, -0.1) is 5.06 Å². The summed E-state index contributed by atoms with van der Waals surface area (Å²) in [4.78, 5) is 26.4. The van der Waals surface area contributed by atoms with E-state index in [0.717, 1.165) is 5.70 Å². The van der Waals surface area contributed by atoms with Crippen LogP contribution >= 0.6 is 0 Å². The number of fused-ring (bicyclic) bond motifs is 1. The summed E-state index contributed by atoms with van der Waals surface area (Å²) >= 11 is 0. The Morgan fingerprint density at radius 3 is 2.67 bits per heavy atom. The van der Waals surface area contributed by atoms with Gasteiger partial charge in [-0.2, -0.15) is 0 Å². The molecule has 2 heterocycles. The summed E-state index contributed by atoms with van der Waals surface area (Å²) in [5, 5.41) is 20.4. The van der Waals surface area contributed by atoms with Gasteiger partial charge in [0, 0.05) is 19.5 Å². The zero-order valence-electron chi connectivity index (χ0n) is 15.6. The van der Waals surface area contributed by atoms with Crippen molar-refractivity contribution >= 4 is 16.9 Å². The first-order valence-corrected chi connectivity index (χ1v) is 8.54. The Kier molecular flexibility index (Phi) is 4.95. The lowest BCUT2D eigenvalue weighted by Crippen LogP contribution is -3.12. The molecule has 27 heavy (non-hydrogen) atoms. The first-order valence-electron chi connectivity index (χ1n) is 8.54. The normalized spacial score (nSPS) is 21.0. The van der Waals surface area contributed by atoms with E-state index in [4.69, 9.17) is 9.15 Å². The van der Waals surface area contributed by atoms with Gasteiger partial charge < -0.3 is 19.2 Å². The molecule has 0 spiro atoms. The van der Waals surface area contributed by atoms with E-state index in [-0.39, 0.29) is 22.5 Å². The van der Waals surface area contributed by atoms with Crippen molar-refractivity contribution in [1.29, 1.82) is 0 Å². The molecule has 3 atom stereocenters. The Balaban J connectivity index is 2.15. The van der Waals surface area contributed by atoms with Crippen LogP contribution in [0, 0.1) is 0 Å². The molecule has 3 unspecified atom stereocenters. The molecule has 1 aliphatic heterocycles. The predicted octanol–water partition coefficient (Wildman–Crippen LogP) is 1.16. The standard InChI is InChI=1S/C19H22N2O6/c1-10-11(2)21(25)19(20(10)3)13(8-17(22)23)15-9-27-16-6-5-12(26-4)7-14(16)18(15)24/h5-7,9,13,19,25H,8H2,1-4H3,(H,22,23)/p+1. The van der Waals surface area contributed by atoms with Crippen LogP contribution in [0.25, 0.3) is 11.0 Å². The van der Waals surface area contributed by atoms with Crippen LogP contribution in [0.2, 0.25) is 0 Å². The van der Waals surface area contributed by atoms with Gasteiger partial charge >= 0.3 is 5.97 Å².